The number of amides is 2. The maximum Gasteiger partial charge on any atom is 0.407 e. The van der Waals surface area contributed by atoms with Crippen LogP contribution in [0.5, 0.6) is 0 Å². The molecular formula is C28H32N2O5. The summed E-state index contributed by atoms with van der Waals surface area (Å²) in [6, 6.07) is 15.4. The largest absolute Gasteiger partial charge is 0.481 e. The van der Waals surface area contributed by atoms with Gasteiger partial charge in [-0.05, 0) is 53.9 Å². The van der Waals surface area contributed by atoms with Crippen LogP contribution in [0.3, 0.4) is 0 Å². The summed E-state index contributed by atoms with van der Waals surface area (Å²) in [5, 5.41) is 15.2. The molecule has 5 rings (SSSR count). The zero-order valence-corrected chi connectivity index (χ0v) is 20.0. The smallest absolute Gasteiger partial charge is 0.407 e. The molecule has 0 aliphatic heterocycles. The molecule has 35 heavy (non-hydrogen) atoms. The van der Waals surface area contributed by atoms with E-state index in [2.05, 4.69) is 34.9 Å². The van der Waals surface area contributed by atoms with Gasteiger partial charge in [-0.2, -0.15) is 0 Å². The lowest BCUT2D eigenvalue weighted by Gasteiger charge is -2.22. The SMILES string of the molecule is CCCC[C@H](NC(=O)OCC1c2ccccc2-c2ccccc21)C(=O)N[C@@H]1C[C@H]2C[C@@]2(C(=O)O)C1. The zero-order chi connectivity index (χ0) is 24.6. The number of hydrogen-bond acceptors (Lipinski definition) is 4. The predicted octanol–water partition coefficient (Wildman–Crippen LogP) is 4.45. The highest BCUT2D eigenvalue weighted by Gasteiger charge is 2.65. The van der Waals surface area contributed by atoms with Crippen LogP contribution in [0.4, 0.5) is 4.79 Å². The van der Waals surface area contributed by atoms with Gasteiger partial charge in [-0.1, -0.05) is 68.3 Å². The van der Waals surface area contributed by atoms with Gasteiger partial charge in [0.05, 0.1) is 5.41 Å². The third-order valence-electron chi connectivity index (χ3n) is 7.98. The first kappa shape index (κ1) is 23.4. The quantitative estimate of drug-likeness (QED) is 0.496. The fourth-order valence-electron chi connectivity index (χ4n) is 6.03. The number of ether oxygens (including phenoxy) is 1. The van der Waals surface area contributed by atoms with Crippen molar-refractivity contribution < 1.29 is 24.2 Å². The molecule has 2 fully saturated rings. The molecule has 2 saturated carbocycles. The Bertz CT molecular complexity index is 1100. The third-order valence-corrected chi connectivity index (χ3v) is 7.98. The Morgan fingerprint density at radius 1 is 1.06 bits per heavy atom. The van der Waals surface area contributed by atoms with Crippen LogP contribution in [-0.2, 0) is 14.3 Å². The van der Waals surface area contributed by atoms with Gasteiger partial charge in [0.2, 0.25) is 5.91 Å². The van der Waals surface area contributed by atoms with Crippen molar-refractivity contribution in [3.63, 3.8) is 0 Å². The topological polar surface area (TPSA) is 105 Å². The summed E-state index contributed by atoms with van der Waals surface area (Å²) >= 11 is 0. The first-order valence-electron chi connectivity index (χ1n) is 12.6. The Hall–Kier alpha value is -3.35. The van der Waals surface area contributed by atoms with Crippen molar-refractivity contribution in [2.45, 2.75) is 63.5 Å². The molecular weight excluding hydrogens is 444 g/mol. The molecule has 0 radical (unpaired) electrons. The standard InChI is InChI=1S/C28H32N2O5/c1-2-3-12-24(25(31)29-18-13-17-14-28(17,15-18)26(32)33)30-27(34)35-16-23-21-10-6-4-8-19(21)20-9-5-7-11-22(20)23/h4-11,17-18,23-24H,2-3,12-16H2,1H3,(H,29,31)(H,30,34)(H,32,33)/t17-,18+,24-,28+/m0/s1. The first-order valence-corrected chi connectivity index (χ1v) is 12.6. The second-order valence-electron chi connectivity index (χ2n) is 10.2. The molecule has 3 aliphatic carbocycles. The van der Waals surface area contributed by atoms with Crippen molar-refractivity contribution >= 4 is 18.0 Å². The Kier molecular flexibility index (Phi) is 6.26. The van der Waals surface area contributed by atoms with Crippen LogP contribution in [0, 0.1) is 11.3 Å². The minimum atomic E-state index is -0.765. The lowest BCUT2D eigenvalue weighted by atomic mass is 9.98. The number of aliphatic carboxylic acids is 1. The average molecular weight is 477 g/mol. The monoisotopic (exact) mass is 476 g/mol. The third kappa shape index (κ3) is 4.40. The van der Waals surface area contributed by atoms with E-state index in [0.29, 0.717) is 25.7 Å². The highest BCUT2D eigenvalue weighted by atomic mass is 16.5. The molecule has 2 amide bonds. The van der Waals surface area contributed by atoms with Gasteiger partial charge in [-0.3, -0.25) is 9.59 Å². The molecule has 4 atom stereocenters. The van der Waals surface area contributed by atoms with Crippen molar-refractivity contribution in [3.05, 3.63) is 59.7 Å². The number of unbranched alkanes of at least 4 members (excludes halogenated alkanes) is 1. The van der Waals surface area contributed by atoms with E-state index in [9.17, 15) is 19.5 Å². The fraction of sp³-hybridized carbons (Fsp3) is 0.464. The van der Waals surface area contributed by atoms with Crippen LogP contribution in [-0.4, -0.2) is 41.8 Å². The predicted molar refractivity (Wildman–Crippen MR) is 131 cm³/mol. The van der Waals surface area contributed by atoms with E-state index in [1.54, 1.807) is 0 Å². The van der Waals surface area contributed by atoms with Crippen LogP contribution < -0.4 is 10.6 Å². The molecule has 0 heterocycles. The van der Waals surface area contributed by atoms with Crippen LogP contribution >= 0.6 is 0 Å². The Balaban J connectivity index is 1.19. The van der Waals surface area contributed by atoms with E-state index in [4.69, 9.17) is 4.74 Å². The molecule has 2 aromatic carbocycles. The maximum atomic E-state index is 13.0. The normalized spacial score (nSPS) is 24.6. The van der Waals surface area contributed by atoms with Gasteiger partial charge in [0.25, 0.3) is 0 Å². The maximum absolute atomic E-state index is 13.0. The molecule has 184 valence electrons. The van der Waals surface area contributed by atoms with Crippen molar-refractivity contribution in [1.29, 1.82) is 0 Å². The zero-order valence-electron chi connectivity index (χ0n) is 20.0. The number of carbonyl (C=O) groups excluding carboxylic acids is 2. The van der Waals surface area contributed by atoms with Gasteiger partial charge < -0.3 is 20.5 Å². The molecule has 0 bridgehead atoms. The fourth-order valence-corrected chi connectivity index (χ4v) is 6.03. The molecule has 3 N–H and O–H groups in total. The van der Waals surface area contributed by atoms with Crippen molar-refractivity contribution in [2.24, 2.45) is 11.3 Å². The summed E-state index contributed by atoms with van der Waals surface area (Å²) in [6.45, 7) is 2.22. The van der Waals surface area contributed by atoms with Gasteiger partial charge >= 0.3 is 12.1 Å². The molecule has 3 aliphatic rings. The summed E-state index contributed by atoms with van der Waals surface area (Å²) in [5.41, 5.74) is 3.93. The van der Waals surface area contributed by atoms with E-state index >= 15 is 0 Å². The summed E-state index contributed by atoms with van der Waals surface area (Å²) in [7, 11) is 0. The van der Waals surface area contributed by atoms with Gasteiger partial charge in [0.1, 0.15) is 12.6 Å². The van der Waals surface area contributed by atoms with Crippen LogP contribution in [0.2, 0.25) is 0 Å². The van der Waals surface area contributed by atoms with Gasteiger partial charge in [-0.15, -0.1) is 0 Å². The highest BCUT2D eigenvalue weighted by Crippen LogP contribution is 2.63. The minimum Gasteiger partial charge on any atom is -0.481 e. The van der Waals surface area contributed by atoms with Crippen LogP contribution in [0.1, 0.15) is 62.5 Å². The first-order chi connectivity index (χ1) is 16.9. The molecule has 7 nitrogen and oxygen atoms in total. The molecule has 2 aromatic rings. The number of carboxylic acid groups (broad SMARTS) is 1. The van der Waals surface area contributed by atoms with Gasteiger partial charge in [0.15, 0.2) is 0 Å². The summed E-state index contributed by atoms with van der Waals surface area (Å²) < 4.78 is 5.63. The van der Waals surface area contributed by atoms with E-state index in [-0.39, 0.29) is 30.4 Å². The highest BCUT2D eigenvalue weighted by molar-refractivity contribution is 5.86. The molecule has 0 saturated heterocycles. The summed E-state index contributed by atoms with van der Waals surface area (Å²) in [4.78, 5) is 37.3. The van der Waals surface area contributed by atoms with Crippen molar-refractivity contribution in [2.75, 3.05) is 6.61 Å². The number of fused-ring (bicyclic) bond motifs is 4. The van der Waals surface area contributed by atoms with Crippen LogP contribution in [0.15, 0.2) is 48.5 Å². The number of rotatable bonds is 9. The molecule has 0 aromatic heterocycles. The Labute approximate surface area is 205 Å². The van der Waals surface area contributed by atoms with E-state index in [0.717, 1.165) is 35.1 Å². The molecule has 0 spiro atoms. The second kappa shape index (κ2) is 9.36. The Morgan fingerprint density at radius 3 is 2.31 bits per heavy atom. The number of benzene rings is 2. The van der Waals surface area contributed by atoms with E-state index < -0.39 is 23.5 Å². The average Bonchev–Trinajstić information content (AvgIpc) is 3.28. The van der Waals surface area contributed by atoms with E-state index in [1.807, 2.05) is 31.2 Å². The van der Waals surface area contributed by atoms with Crippen molar-refractivity contribution in [1.82, 2.24) is 10.6 Å². The van der Waals surface area contributed by atoms with E-state index in [1.165, 1.54) is 0 Å². The number of nitrogens with one attached hydrogen (secondary N) is 2. The second-order valence-corrected chi connectivity index (χ2v) is 10.2. The Morgan fingerprint density at radius 2 is 1.71 bits per heavy atom. The number of alkyl carbamates (subject to hydrolysis) is 1. The minimum absolute atomic E-state index is 0.0477. The lowest BCUT2D eigenvalue weighted by molar-refractivity contribution is -0.143. The molecule has 7 heteroatoms. The van der Waals surface area contributed by atoms with Gasteiger partial charge in [-0.25, -0.2) is 4.79 Å². The number of hydrogen-bond donors (Lipinski definition) is 3. The summed E-state index contributed by atoms with van der Waals surface area (Å²) in [5.74, 6) is -0.930. The number of carboxylic acids is 1. The van der Waals surface area contributed by atoms with Gasteiger partial charge in [0, 0.05) is 12.0 Å². The number of carbonyl (C=O) groups is 3. The lowest BCUT2D eigenvalue weighted by Crippen LogP contribution is -2.49. The summed E-state index contributed by atoms with van der Waals surface area (Å²) in [6.07, 6.45) is 3.42. The van der Waals surface area contributed by atoms with Crippen molar-refractivity contribution in [3.8, 4) is 11.1 Å². The molecule has 0 unspecified atom stereocenters. The van der Waals surface area contributed by atoms with Crippen LogP contribution in [0.25, 0.3) is 11.1 Å².